The SMILES string of the molecule is CCC(C)COc1c(Cl)cc(S(=O)(=O)Cl)cc1Cl. The number of hydrogen-bond donors (Lipinski definition) is 0. The molecule has 0 radical (unpaired) electrons. The molecule has 0 aliphatic heterocycles. The van der Waals surface area contributed by atoms with Crippen molar-refractivity contribution in [3.05, 3.63) is 22.2 Å². The van der Waals surface area contributed by atoms with Gasteiger partial charge in [-0.3, -0.25) is 0 Å². The van der Waals surface area contributed by atoms with Crippen LogP contribution in [0.3, 0.4) is 0 Å². The van der Waals surface area contributed by atoms with E-state index >= 15 is 0 Å². The van der Waals surface area contributed by atoms with Crippen LogP contribution in [0.1, 0.15) is 20.3 Å². The van der Waals surface area contributed by atoms with Crippen LogP contribution >= 0.6 is 33.9 Å². The third-order valence-corrected chi connectivity index (χ3v) is 4.36. The smallest absolute Gasteiger partial charge is 0.261 e. The molecular formula is C11H13Cl3O3S. The second kappa shape index (κ2) is 6.33. The molecule has 0 amide bonds. The Morgan fingerprint density at radius 2 is 1.78 bits per heavy atom. The fraction of sp³-hybridized carbons (Fsp3) is 0.455. The van der Waals surface area contributed by atoms with E-state index in [1.54, 1.807) is 0 Å². The summed E-state index contributed by atoms with van der Waals surface area (Å²) in [6.45, 7) is 4.53. The van der Waals surface area contributed by atoms with Crippen molar-refractivity contribution in [1.29, 1.82) is 0 Å². The number of benzene rings is 1. The Morgan fingerprint density at radius 3 is 2.17 bits per heavy atom. The fourth-order valence-electron chi connectivity index (χ4n) is 1.16. The first kappa shape index (κ1) is 15.9. The quantitative estimate of drug-likeness (QED) is 0.754. The second-order valence-corrected chi connectivity index (χ2v) is 7.36. The highest BCUT2D eigenvalue weighted by Gasteiger charge is 2.17. The molecule has 1 atom stereocenters. The third kappa shape index (κ3) is 4.19. The first-order valence-corrected chi connectivity index (χ1v) is 8.38. The molecule has 0 N–H and O–H groups in total. The lowest BCUT2D eigenvalue weighted by molar-refractivity contribution is 0.257. The van der Waals surface area contributed by atoms with Gasteiger partial charge in [-0.2, -0.15) is 0 Å². The monoisotopic (exact) mass is 330 g/mol. The third-order valence-electron chi connectivity index (χ3n) is 2.46. The van der Waals surface area contributed by atoms with Crippen molar-refractivity contribution in [2.45, 2.75) is 25.2 Å². The van der Waals surface area contributed by atoms with Gasteiger partial charge >= 0.3 is 0 Å². The first-order chi connectivity index (χ1) is 8.25. The van der Waals surface area contributed by atoms with Crippen molar-refractivity contribution in [2.75, 3.05) is 6.61 Å². The molecule has 7 heteroatoms. The Morgan fingerprint density at radius 1 is 1.28 bits per heavy atom. The van der Waals surface area contributed by atoms with Crippen LogP contribution in [0.25, 0.3) is 0 Å². The van der Waals surface area contributed by atoms with Gasteiger partial charge in [0.15, 0.2) is 5.75 Å². The van der Waals surface area contributed by atoms with Gasteiger partial charge in [-0.25, -0.2) is 8.42 Å². The summed E-state index contributed by atoms with van der Waals surface area (Å²) < 4.78 is 27.8. The summed E-state index contributed by atoms with van der Waals surface area (Å²) >= 11 is 11.9. The van der Waals surface area contributed by atoms with E-state index in [2.05, 4.69) is 0 Å². The standard InChI is InChI=1S/C11H13Cl3O3S/c1-3-7(2)6-17-11-9(12)4-8(5-10(11)13)18(14,15)16/h4-5,7H,3,6H2,1-2H3. The molecule has 18 heavy (non-hydrogen) atoms. The average molecular weight is 332 g/mol. The summed E-state index contributed by atoms with van der Waals surface area (Å²) in [5.74, 6) is 0.635. The number of ether oxygens (including phenoxy) is 1. The zero-order chi connectivity index (χ0) is 13.9. The maximum Gasteiger partial charge on any atom is 0.261 e. The molecule has 0 fully saturated rings. The molecule has 0 spiro atoms. The summed E-state index contributed by atoms with van der Waals surface area (Å²) in [5, 5.41) is 0.259. The minimum Gasteiger partial charge on any atom is -0.490 e. The molecule has 3 nitrogen and oxygen atoms in total. The number of rotatable bonds is 5. The number of hydrogen-bond acceptors (Lipinski definition) is 3. The van der Waals surface area contributed by atoms with Gasteiger partial charge in [0.1, 0.15) is 0 Å². The Labute approximate surface area is 121 Å². The molecule has 102 valence electrons. The first-order valence-electron chi connectivity index (χ1n) is 5.32. The lowest BCUT2D eigenvalue weighted by Crippen LogP contribution is -2.08. The molecule has 0 aliphatic carbocycles. The fourth-order valence-corrected chi connectivity index (χ4v) is 2.67. The molecule has 0 aliphatic rings. The minimum absolute atomic E-state index is 0.130. The van der Waals surface area contributed by atoms with E-state index in [4.69, 9.17) is 38.6 Å². The lowest BCUT2D eigenvalue weighted by atomic mass is 10.1. The Balaban J connectivity index is 3.02. The Hall–Kier alpha value is -0.160. The molecule has 1 aromatic carbocycles. The van der Waals surface area contributed by atoms with Crippen molar-refractivity contribution < 1.29 is 13.2 Å². The predicted octanol–water partition coefficient (Wildman–Crippen LogP) is 4.35. The predicted molar refractivity (Wildman–Crippen MR) is 74.5 cm³/mol. The van der Waals surface area contributed by atoms with E-state index in [0.717, 1.165) is 6.42 Å². The van der Waals surface area contributed by atoms with Crippen molar-refractivity contribution in [3.8, 4) is 5.75 Å². The lowest BCUT2D eigenvalue weighted by Gasteiger charge is -2.14. The molecule has 0 saturated carbocycles. The van der Waals surface area contributed by atoms with Crippen LogP contribution in [-0.2, 0) is 9.05 Å². The largest absolute Gasteiger partial charge is 0.490 e. The average Bonchev–Trinajstić information content (AvgIpc) is 2.26. The maximum absolute atomic E-state index is 11.2. The van der Waals surface area contributed by atoms with E-state index in [1.165, 1.54) is 12.1 Å². The zero-order valence-corrected chi connectivity index (χ0v) is 13.0. The highest BCUT2D eigenvalue weighted by Crippen LogP contribution is 2.36. The zero-order valence-electron chi connectivity index (χ0n) is 9.91. The van der Waals surface area contributed by atoms with Crippen LogP contribution in [0.2, 0.25) is 10.0 Å². The van der Waals surface area contributed by atoms with Gasteiger partial charge in [0.25, 0.3) is 9.05 Å². The molecular weight excluding hydrogens is 319 g/mol. The molecule has 0 aromatic heterocycles. The van der Waals surface area contributed by atoms with Crippen molar-refractivity contribution in [1.82, 2.24) is 0 Å². The van der Waals surface area contributed by atoms with Gasteiger partial charge in [-0.1, -0.05) is 43.5 Å². The molecule has 0 saturated heterocycles. The van der Waals surface area contributed by atoms with E-state index < -0.39 is 9.05 Å². The maximum atomic E-state index is 11.2. The van der Waals surface area contributed by atoms with Crippen LogP contribution in [0, 0.1) is 5.92 Å². The highest BCUT2D eigenvalue weighted by atomic mass is 35.7. The summed E-state index contributed by atoms with van der Waals surface area (Å²) in [7, 11) is 1.37. The normalized spacial score (nSPS) is 13.4. The summed E-state index contributed by atoms with van der Waals surface area (Å²) in [5.41, 5.74) is 0. The van der Waals surface area contributed by atoms with Gasteiger partial charge in [-0.05, 0) is 18.1 Å². The van der Waals surface area contributed by atoms with E-state index in [0.29, 0.717) is 12.5 Å². The van der Waals surface area contributed by atoms with Gasteiger partial charge < -0.3 is 4.74 Å². The van der Waals surface area contributed by atoms with Crippen LogP contribution in [-0.4, -0.2) is 15.0 Å². The topological polar surface area (TPSA) is 43.4 Å². The van der Waals surface area contributed by atoms with Crippen LogP contribution in [0.5, 0.6) is 5.75 Å². The van der Waals surface area contributed by atoms with Crippen molar-refractivity contribution in [3.63, 3.8) is 0 Å². The molecule has 1 rings (SSSR count). The van der Waals surface area contributed by atoms with Gasteiger partial charge in [-0.15, -0.1) is 0 Å². The summed E-state index contributed by atoms with van der Waals surface area (Å²) in [4.78, 5) is -0.143. The Kier molecular flexibility index (Phi) is 5.59. The van der Waals surface area contributed by atoms with E-state index in [-0.39, 0.29) is 20.7 Å². The van der Waals surface area contributed by atoms with E-state index in [1.807, 2.05) is 13.8 Å². The van der Waals surface area contributed by atoms with Gasteiger partial charge in [0.2, 0.25) is 0 Å². The molecule has 1 unspecified atom stereocenters. The minimum atomic E-state index is -3.85. The summed E-state index contributed by atoms with van der Waals surface area (Å²) in [6.07, 6.45) is 0.962. The molecule has 0 bridgehead atoms. The van der Waals surface area contributed by atoms with Crippen LogP contribution in [0.4, 0.5) is 0 Å². The van der Waals surface area contributed by atoms with Crippen molar-refractivity contribution >= 4 is 42.9 Å². The van der Waals surface area contributed by atoms with Gasteiger partial charge in [0.05, 0.1) is 21.5 Å². The molecule has 0 heterocycles. The summed E-state index contributed by atoms with van der Waals surface area (Å²) in [6, 6.07) is 2.45. The molecule has 1 aromatic rings. The highest BCUT2D eigenvalue weighted by molar-refractivity contribution is 8.13. The Bertz CT molecular complexity index is 505. The van der Waals surface area contributed by atoms with Crippen LogP contribution in [0.15, 0.2) is 17.0 Å². The van der Waals surface area contributed by atoms with Crippen LogP contribution < -0.4 is 4.74 Å². The second-order valence-electron chi connectivity index (χ2n) is 3.98. The van der Waals surface area contributed by atoms with Crippen molar-refractivity contribution in [2.24, 2.45) is 5.92 Å². The van der Waals surface area contributed by atoms with Gasteiger partial charge in [0, 0.05) is 10.7 Å². The number of halogens is 3. The van der Waals surface area contributed by atoms with E-state index in [9.17, 15) is 8.42 Å².